The first-order valence-electron chi connectivity index (χ1n) is 9.40. The molecule has 0 aliphatic carbocycles. The first kappa shape index (κ1) is 19.7. The van der Waals surface area contributed by atoms with Gasteiger partial charge in [-0.15, -0.1) is 0 Å². The lowest BCUT2D eigenvalue weighted by atomic mass is 10.1. The average Bonchev–Trinajstić information content (AvgIpc) is 2.93. The molecular weight excluding hydrogens is 350 g/mol. The third kappa shape index (κ3) is 4.08. The van der Waals surface area contributed by atoms with Gasteiger partial charge in [0.2, 0.25) is 0 Å². The Morgan fingerprint density at radius 3 is 2.50 bits per heavy atom. The van der Waals surface area contributed by atoms with E-state index in [0.29, 0.717) is 13.1 Å². The van der Waals surface area contributed by atoms with E-state index < -0.39 is 0 Å². The number of rotatable bonds is 5. The van der Waals surface area contributed by atoms with Crippen molar-refractivity contribution in [2.24, 2.45) is 12.0 Å². The van der Waals surface area contributed by atoms with Crippen molar-refractivity contribution in [3.05, 3.63) is 52.8 Å². The maximum atomic E-state index is 4.72. The molecule has 3 aromatic rings. The van der Waals surface area contributed by atoms with Crippen LogP contribution in [0.3, 0.4) is 0 Å². The highest BCUT2D eigenvalue weighted by Gasteiger charge is 2.11. The second-order valence-electron chi connectivity index (χ2n) is 7.10. The van der Waals surface area contributed by atoms with E-state index in [0.717, 1.165) is 34.1 Å². The van der Waals surface area contributed by atoms with E-state index in [1.54, 1.807) is 7.05 Å². The first-order chi connectivity index (χ1) is 13.4. The summed E-state index contributed by atoms with van der Waals surface area (Å²) in [6.07, 6.45) is 0. The van der Waals surface area contributed by atoms with E-state index in [-0.39, 0.29) is 0 Å². The monoisotopic (exact) mass is 379 g/mol. The zero-order valence-electron chi connectivity index (χ0n) is 17.5. The van der Waals surface area contributed by atoms with E-state index in [2.05, 4.69) is 39.8 Å². The van der Waals surface area contributed by atoms with Gasteiger partial charge in [-0.3, -0.25) is 9.67 Å². The molecule has 148 valence electrons. The number of aryl methyl sites for hydroxylation is 2. The molecule has 0 spiro atoms. The fourth-order valence-electron chi connectivity index (χ4n) is 3.25. The quantitative estimate of drug-likeness (QED) is 0.527. The van der Waals surface area contributed by atoms with Gasteiger partial charge < -0.3 is 15.5 Å². The van der Waals surface area contributed by atoms with E-state index in [9.17, 15) is 0 Å². The Morgan fingerprint density at radius 1 is 1.14 bits per heavy atom. The number of hydrogen-bond donors (Lipinski definition) is 2. The zero-order valence-corrected chi connectivity index (χ0v) is 17.5. The Balaban J connectivity index is 1.75. The number of para-hydroxylation sites is 1. The summed E-state index contributed by atoms with van der Waals surface area (Å²) in [5, 5.41) is 12.4. The van der Waals surface area contributed by atoms with Gasteiger partial charge in [-0.1, -0.05) is 18.2 Å². The summed E-state index contributed by atoms with van der Waals surface area (Å²) >= 11 is 0. The average molecular weight is 380 g/mol. The predicted molar refractivity (Wildman–Crippen MR) is 116 cm³/mol. The van der Waals surface area contributed by atoms with Crippen molar-refractivity contribution in [3.63, 3.8) is 0 Å². The summed E-state index contributed by atoms with van der Waals surface area (Å²) in [6.45, 7) is 5.46. The third-order valence-electron chi connectivity index (χ3n) is 5.01. The Labute approximate surface area is 166 Å². The van der Waals surface area contributed by atoms with Crippen molar-refractivity contribution in [1.29, 1.82) is 0 Å². The largest absolute Gasteiger partial charge is 0.363 e. The molecular formula is C21H29N7. The standard InChI is InChI=1S/C21H29N7/c1-14-18(15(2)28(6)26-14)13-24-21(22-3)23-12-16-11-20(27(4)5)25-19-10-8-7-9-17(16)19/h7-11H,12-13H2,1-6H3,(H2,22,23,24). The van der Waals surface area contributed by atoms with Crippen LogP contribution >= 0.6 is 0 Å². The minimum absolute atomic E-state index is 0.661. The number of hydrogen-bond acceptors (Lipinski definition) is 4. The first-order valence-corrected chi connectivity index (χ1v) is 9.40. The van der Waals surface area contributed by atoms with E-state index in [4.69, 9.17) is 4.98 Å². The maximum Gasteiger partial charge on any atom is 0.191 e. The lowest BCUT2D eigenvalue weighted by molar-refractivity contribution is 0.728. The topological polar surface area (TPSA) is 70.4 Å². The second-order valence-corrected chi connectivity index (χ2v) is 7.10. The van der Waals surface area contributed by atoms with Crippen molar-refractivity contribution in [2.45, 2.75) is 26.9 Å². The molecule has 0 aliphatic rings. The van der Waals surface area contributed by atoms with Crippen LogP contribution in [-0.2, 0) is 20.1 Å². The van der Waals surface area contributed by atoms with Crippen LogP contribution in [0.5, 0.6) is 0 Å². The lowest BCUT2D eigenvalue weighted by Gasteiger charge is -2.17. The molecule has 0 amide bonds. The molecule has 0 saturated carbocycles. The Bertz CT molecular complexity index is 1000. The van der Waals surface area contributed by atoms with Crippen molar-refractivity contribution >= 4 is 22.7 Å². The fourth-order valence-corrected chi connectivity index (χ4v) is 3.25. The molecule has 0 atom stereocenters. The molecule has 1 aromatic carbocycles. The molecule has 2 heterocycles. The number of nitrogens with zero attached hydrogens (tertiary/aromatic N) is 5. The predicted octanol–water partition coefficient (Wildman–Crippen LogP) is 2.52. The Kier molecular flexibility index (Phi) is 5.82. The van der Waals surface area contributed by atoms with Crippen LogP contribution in [0.2, 0.25) is 0 Å². The van der Waals surface area contributed by atoms with Crippen molar-refractivity contribution in [3.8, 4) is 0 Å². The molecule has 0 unspecified atom stereocenters. The number of aromatic nitrogens is 3. The van der Waals surface area contributed by atoms with Crippen LogP contribution in [0, 0.1) is 13.8 Å². The molecule has 0 aliphatic heterocycles. The van der Waals surface area contributed by atoms with E-state index in [1.165, 1.54) is 11.1 Å². The molecule has 28 heavy (non-hydrogen) atoms. The second kappa shape index (κ2) is 8.29. The highest BCUT2D eigenvalue weighted by molar-refractivity contribution is 5.85. The SMILES string of the molecule is CN=C(NCc1c(C)nn(C)c1C)NCc1cc(N(C)C)nc2ccccc12. The Hall–Kier alpha value is -3.09. The van der Waals surface area contributed by atoms with Gasteiger partial charge in [0, 0.05) is 57.9 Å². The minimum Gasteiger partial charge on any atom is -0.363 e. The van der Waals surface area contributed by atoms with Crippen LogP contribution in [0.1, 0.15) is 22.5 Å². The smallest absolute Gasteiger partial charge is 0.191 e. The number of guanidine groups is 1. The van der Waals surface area contributed by atoms with Crippen LogP contribution in [-0.4, -0.2) is 41.9 Å². The fraction of sp³-hybridized carbons (Fsp3) is 0.381. The molecule has 0 radical (unpaired) electrons. The number of aliphatic imine (C=N–C) groups is 1. The lowest BCUT2D eigenvalue weighted by Crippen LogP contribution is -2.36. The van der Waals surface area contributed by atoms with Crippen molar-refractivity contribution in [2.75, 3.05) is 26.0 Å². The highest BCUT2D eigenvalue weighted by atomic mass is 15.3. The van der Waals surface area contributed by atoms with Gasteiger partial charge in [-0.25, -0.2) is 4.98 Å². The summed E-state index contributed by atoms with van der Waals surface area (Å²) in [6, 6.07) is 10.3. The highest BCUT2D eigenvalue weighted by Crippen LogP contribution is 2.22. The van der Waals surface area contributed by atoms with Gasteiger partial charge in [-0.2, -0.15) is 5.10 Å². The molecule has 2 aromatic heterocycles. The van der Waals surface area contributed by atoms with Gasteiger partial charge in [0.05, 0.1) is 11.2 Å². The van der Waals surface area contributed by atoms with Gasteiger partial charge in [0.25, 0.3) is 0 Å². The molecule has 0 bridgehead atoms. The van der Waals surface area contributed by atoms with Crippen LogP contribution in [0.25, 0.3) is 10.9 Å². The van der Waals surface area contributed by atoms with Crippen LogP contribution < -0.4 is 15.5 Å². The summed E-state index contributed by atoms with van der Waals surface area (Å²) in [7, 11) is 7.77. The number of pyridine rings is 1. The summed E-state index contributed by atoms with van der Waals surface area (Å²) in [4.78, 5) is 11.1. The van der Waals surface area contributed by atoms with Crippen LogP contribution in [0.15, 0.2) is 35.3 Å². The zero-order chi connectivity index (χ0) is 20.3. The third-order valence-corrected chi connectivity index (χ3v) is 5.01. The van der Waals surface area contributed by atoms with E-state index in [1.807, 2.05) is 55.8 Å². The van der Waals surface area contributed by atoms with Gasteiger partial charge in [0.15, 0.2) is 5.96 Å². The maximum absolute atomic E-state index is 4.72. The van der Waals surface area contributed by atoms with Crippen molar-refractivity contribution in [1.82, 2.24) is 25.4 Å². The molecule has 2 N–H and O–H groups in total. The van der Waals surface area contributed by atoms with Crippen molar-refractivity contribution < 1.29 is 0 Å². The molecule has 3 rings (SSSR count). The van der Waals surface area contributed by atoms with Gasteiger partial charge in [0.1, 0.15) is 5.82 Å². The number of anilines is 1. The van der Waals surface area contributed by atoms with Gasteiger partial charge >= 0.3 is 0 Å². The summed E-state index contributed by atoms with van der Waals surface area (Å²) in [5.41, 5.74) is 5.59. The number of fused-ring (bicyclic) bond motifs is 1. The summed E-state index contributed by atoms with van der Waals surface area (Å²) < 4.78 is 1.91. The van der Waals surface area contributed by atoms with Crippen LogP contribution in [0.4, 0.5) is 5.82 Å². The Morgan fingerprint density at radius 2 is 1.86 bits per heavy atom. The number of nitrogens with one attached hydrogen (secondary N) is 2. The molecule has 0 fully saturated rings. The molecule has 7 heteroatoms. The number of benzene rings is 1. The van der Waals surface area contributed by atoms with E-state index >= 15 is 0 Å². The summed E-state index contributed by atoms with van der Waals surface area (Å²) in [5.74, 6) is 1.70. The molecule has 0 saturated heterocycles. The normalized spacial score (nSPS) is 11.7. The minimum atomic E-state index is 0.661. The molecule has 7 nitrogen and oxygen atoms in total. The van der Waals surface area contributed by atoms with Gasteiger partial charge in [-0.05, 0) is 31.5 Å².